The van der Waals surface area contributed by atoms with Crippen molar-refractivity contribution in [2.45, 2.75) is 50.2 Å². The van der Waals surface area contributed by atoms with E-state index < -0.39 is 23.6 Å². The zero-order chi connectivity index (χ0) is 24.1. The van der Waals surface area contributed by atoms with Crippen LogP contribution in [0.2, 0.25) is 0 Å². The molecule has 4 amide bonds. The molecule has 2 unspecified atom stereocenters. The number of urea groups is 1. The third-order valence-corrected chi connectivity index (χ3v) is 6.47. The standard InChI is InChI=1S/C27H29N3O4/c1-19(31)17-27(25(33)28-26(34)29-27)18-24(32)30-15-13-23(14-16-30)22-11-9-21(10-12-22)8-7-20-5-3-2-4-6-20/h2-6,9-12,19,23,31H,13-18H2,1H3,(H2,28,29,33,34). The zero-order valence-corrected chi connectivity index (χ0v) is 19.2. The molecular weight excluding hydrogens is 430 g/mol. The fourth-order valence-corrected chi connectivity index (χ4v) is 4.71. The van der Waals surface area contributed by atoms with Crippen molar-refractivity contribution < 1.29 is 19.5 Å². The molecule has 2 aliphatic heterocycles. The maximum absolute atomic E-state index is 13.0. The Kier molecular flexibility index (Phi) is 6.99. The summed E-state index contributed by atoms with van der Waals surface area (Å²) < 4.78 is 0. The van der Waals surface area contributed by atoms with Crippen LogP contribution in [0.15, 0.2) is 54.6 Å². The van der Waals surface area contributed by atoms with Crippen LogP contribution in [-0.4, -0.2) is 52.6 Å². The summed E-state index contributed by atoms with van der Waals surface area (Å²) in [6, 6.07) is 17.5. The number of amides is 4. The van der Waals surface area contributed by atoms with Gasteiger partial charge in [-0.25, -0.2) is 4.79 Å². The first-order valence-electron chi connectivity index (χ1n) is 11.6. The quantitative estimate of drug-likeness (QED) is 0.473. The van der Waals surface area contributed by atoms with Crippen LogP contribution in [0.3, 0.4) is 0 Å². The lowest BCUT2D eigenvalue weighted by Gasteiger charge is -2.35. The number of carbonyl (C=O) groups excluding carboxylic acids is 3. The van der Waals surface area contributed by atoms with Gasteiger partial charge in [-0.2, -0.15) is 0 Å². The van der Waals surface area contributed by atoms with E-state index in [9.17, 15) is 19.5 Å². The molecule has 34 heavy (non-hydrogen) atoms. The fourth-order valence-electron chi connectivity index (χ4n) is 4.71. The fraction of sp³-hybridized carbons (Fsp3) is 0.370. The van der Waals surface area contributed by atoms with E-state index in [1.165, 1.54) is 12.5 Å². The van der Waals surface area contributed by atoms with Crippen LogP contribution in [0.25, 0.3) is 0 Å². The molecule has 0 saturated carbocycles. The highest BCUT2D eigenvalue weighted by Gasteiger charge is 2.49. The number of likely N-dealkylation sites (tertiary alicyclic amines) is 1. The van der Waals surface area contributed by atoms with Gasteiger partial charge >= 0.3 is 6.03 Å². The molecule has 2 aromatic rings. The third kappa shape index (κ3) is 5.46. The number of hydrogen-bond acceptors (Lipinski definition) is 4. The molecule has 2 aromatic carbocycles. The molecule has 176 valence electrons. The summed E-state index contributed by atoms with van der Waals surface area (Å²) in [4.78, 5) is 38.8. The van der Waals surface area contributed by atoms with E-state index >= 15 is 0 Å². The van der Waals surface area contributed by atoms with Crippen LogP contribution in [0.4, 0.5) is 4.79 Å². The Bertz CT molecular complexity index is 1110. The summed E-state index contributed by atoms with van der Waals surface area (Å²) in [5, 5.41) is 14.6. The molecule has 2 saturated heterocycles. The van der Waals surface area contributed by atoms with Crippen molar-refractivity contribution in [1.29, 1.82) is 0 Å². The Hall–Kier alpha value is -3.63. The van der Waals surface area contributed by atoms with Gasteiger partial charge in [0.2, 0.25) is 5.91 Å². The van der Waals surface area contributed by atoms with E-state index in [0.717, 1.165) is 24.0 Å². The Morgan fingerprint density at radius 3 is 2.24 bits per heavy atom. The van der Waals surface area contributed by atoms with Gasteiger partial charge in [-0.1, -0.05) is 42.2 Å². The van der Waals surface area contributed by atoms with Crippen LogP contribution >= 0.6 is 0 Å². The predicted molar refractivity (Wildman–Crippen MR) is 128 cm³/mol. The molecule has 4 rings (SSSR count). The Morgan fingerprint density at radius 2 is 1.68 bits per heavy atom. The molecule has 0 aliphatic carbocycles. The SMILES string of the molecule is CC(O)CC1(CC(=O)N2CCC(c3ccc(C#Cc4ccccc4)cc3)CC2)NC(=O)NC1=O. The molecule has 2 atom stereocenters. The molecule has 2 aliphatic rings. The van der Waals surface area contributed by atoms with Crippen molar-refractivity contribution in [3.63, 3.8) is 0 Å². The van der Waals surface area contributed by atoms with Crippen molar-refractivity contribution in [1.82, 2.24) is 15.5 Å². The summed E-state index contributed by atoms with van der Waals surface area (Å²) in [5.74, 6) is 5.95. The summed E-state index contributed by atoms with van der Waals surface area (Å²) in [6.45, 7) is 2.70. The lowest BCUT2D eigenvalue weighted by atomic mass is 9.86. The third-order valence-electron chi connectivity index (χ3n) is 6.47. The van der Waals surface area contributed by atoms with E-state index in [2.05, 4.69) is 34.6 Å². The average molecular weight is 460 g/mol. The van der Waals surface area contributed by atoms with Crippen molar-refractivity contribution in [3.8, 4) is 11.8 Å². The van der Waals surface area contributed by atoms with Crippen molar-refractivity contribution in [2.24, 2.45) is 0 Å². The number of aliphatic hydroxyl groups excluding tert-OH is 1. The van der Waals surface area contributed by atoms with Gasteiger partial charge in [0, 0.05) is 30.6 Å². The number of rotatable bonds is 5. The molecule has 0 bridgehead atoms. The van der Waals surface area contributed by atoms with Crippen LogP contribution in [-0.2, 0) is 9.59 Å². The molecule has 7 nitrogen and oxygen atoms in total. The second-order valence-electron chi connectivity index (χ2n) is 9.11. The summed E-state index contributed by atoms with van der Waals surface area (Å²) in [5.41, 5.74) is 1.77. The van der Waals surface area contributed by atoms with Gasteiger partial charge in [0.1, 0.15) is 5.54 Å². The first-order valence-corrected chi connectivity index (χ1v) is 11.6. The Morgan fingerprint density at radius 1 is 1.06 bits per heavy atom. The van der Waals surface area contributed by atoms with E-state index in [0.29, 0.717) is 19.0 Å². The maximum atomic E-state index is 13.0. The van der Waals surface area contributed by atoms with Crippen LogP contribution in [0.5, 0.6) is 0 Å². The van der Waals surface area contributed by atoms with Gasteiger partial charge < -0.3 is 15.3 Å². The predicted octanol–water partition coefficient (Wildman–Crippen LogP) is 2.53. The monoisotopic (exact) mass is 459 g/mol. The highest BCUT2D eigenvalue weighted by atomic mass is 16.3. The van der Waals surface area contributed by atoms with Crippen LogP contribution < -0.4 is 10.6 Å². The minimum atomic E-state index is -1.39. The zero-order valence-electron chi connectivity index (χ0n) is 19.2. The molecule has 0 spiro atoms. The number of hydrogen-bond donors (Lipinski definition) is 3. The van der Waals surface area contributed by atoms with Crippen molar-refractivity contribution in [3.05, 3.63) is 71.3 Å². The smallest absolute Gasteiger partial charge is 0.322 e. The summed E-state index contributed by atoms with van der Waals surface area (Å²) >= 11 is 0. The number of imide groups is 1. The van der Waals surface area contributed by atoms with Crippen LogP contribution in [0, 0.1) is 11.8 Å². The van der Waals surface area contributed by atoms with Gasteiger partial charge in [0.25, 0.3) is 5.91 Å². The molecule has 2 heterocycles. The van der Waals surface area contributed by atoms with Crippen LogP contribution in [0.1, 0.15) is 55.2 Å². The highest BCUT2D eigenvalue weighted by Crippen LogP contribution is 2.30. The van der Waals surface area contributed by atoms with Gasteiger partial charge in [0.05, 0.1) is 12.5 Å². The highest BCUT2D eigenvalue weighted by molar-refractivity contribution is 6.08. The summed E-state index contributed by atoms with van der Waals surface area (Å²) in [6.07, 6.45) is 0.648. The van der Waals surface area contributed by atoms with Gasteiger partial charge in [-0.15, -0.1) is 0 Å². The molecule has 0 aromatic heterocycles. The minimum Gasteiger partial charge on any atom is -0.393 e. The number of nitrogens with zero attached hydrogens (tertiary/aromatic N) is 1. The first kappa shape index (κ1) is 23.5. The molecule has 0 radical (unpaired) electrons. The second kappa shape index (κ2) is 10.1. The normalized spacial score (nSPS) is 21.3. The topological polar surface area (TPSA) is 98.7 Å². The minimum absolute atomic E-state index is 0.00765. The average Bonchev–Trinajstić information content (AvgIpc) is 3.10. The Labute approximate surface area is 199 Å². The van der Waals surface area contributed by atoms with Gasteiger partial charge in [-0.3, -0.25) is 14.9 Å². The maximum Gasteiger partial charge on any atom is 0.322 e. The molecule has 3 N–H and O–H groups in total. The lowest BCUT2D eigenvalue weighted by Crippen LogP contribution is -2.53. The van der Waals surface area contributed by atoms with Gasteiger partial charge in [-0.05, 0) is 55.5 Å². The van der Waals surface area contributed by atoms with Crippen molar-refractivity contribution in [2.75, 3.05) is 13.1 Å². The number of piperidine rings is 1. The lowest BCUT2D eigenvalue weighted by molar-refractivity contribution is -0.138. The number of benzene rings is 2. The second-order valence-corrected chi connectivity index (χ2v) is 9.11. The van der Waals surface area contributed by atoms with Gasteiger partial charge in [0.15, 0.2) is 0 Å². The first-order chi connectivity index (χ1) is 16.3. The molecule has 7 heteroatoms. The van der Waals surface area contributed by atoms with Crippen molar-refractivity contribution >= 4 is 17.8 Å². The Balaban J connectivity index is 1.34. The largest absolute Gasteiger partial charge is 0.393 e. The number of carbonyl (C=O) groups is 3. The number of aliphatic hydroxyl groups is 1. The van der Waals surface area contributed by atoms with E-state index in [1.807, 2.05) is 42.5 Å². The molecular formula is C27H29N3O4. The van der Waals surface area contributed by atoms with E-state index in [-0.39, 0.29) is 18.7 Å². The van der Waals surface area contributed by atoms with E-state index in [4.69, 9.17) is 0 Å². The number of nitrogens with one attached hydrogen (secondary N) is 2. The molecule has 2 fully saturated rings. The summed E-state index contributed by atoms with van der Waals surface area (Å²) in [7, 11) is 0. The van der Waals surface area contributed by atoms with E-state index in [1.54, 1.807) is 4.90 Å².